The molecular formula is C17H25FN2O2. The second-order valence-corrected chi connectivity index (χ2v) is 6.38. The predicted molar refractivity (Wildman–Crippen MR) is 83.5 cm³/mol. The molecule has 1 aromatic carbocycles. The molecule has 1 aromatic rings. The van der Waals surface area contributed by atoms with Gasteiger partial charge in [-0.15, -0.1) is 0 Å². The van der Waals surface area contributed by atoms with Gasteiger partial charge in [-0.3, -0.25) is 4.79 Å². The van der Waals surface area contributed by atoms with Crippen LogP contribution in [0.5, 0.6) is 0 Å². The van der Waals surface area contributed by atoms with Crippen molar-refractivity contribution >= 4 is 5.91 Å². The molecule has 0 aliphatic heterocycles. The van der Waals surface area contributed by atoms with Gasteiger partial charge in [-0.25, -0.2) is 4.39 Å². The van der Waals surface area contributed by atoms with Crippen molar-refractivity contribution in [2.75, 3.05) is 7.11 Å². The Bertz CT molecular complexity index is 531. The van der Waals surface area contributed by atoms with Crippen LogP contribution in [-0.2, 0) is 22.7 Å². The average Bonchev–Trinajstić information content (AvgIpc) is 2.47. The molecule has 5 heteroatoms. The molecule has 3 N–H and O–H groups in total. The number of hydrogen-bond donors (Lipinski definition) is 2. The van der Waals surface area contributed by atoms with Gasteiger partial charge in [-0.2, -0.15) is 0 Å². The molecule has 2 atom stereocenters. The quantitative estimate of drug-likeness (QED) is 0.878. The second kappa shape index (κ2) is 7.20. The minimum absolute atomic E-state index is 0.0117. The van der Waals surface area contributed by atoms with Crippen molar-refractivity contribution in [3.05, 3.63) is 35.1 Å². The Morgan fingerprint density at radius 2 is 2.27 bits per heavy atom. The van der Waals surface area contributed by atoms with Gasteiger partial charge in [0.15, 0.2) is 0 Å². The molecule has 1 amide bonds. The number of ether oxygens (including phenoxy) is 1. The summed E-state index contributed by atoms with van der Waals surface area (Å²) in [7, 11) is 1.53. The third-order valence-corrected chi connectivity index (χ3v) is 4.45. The average molecular weight is 308 g/mol. The first-order valence-electron chi connectivity index (χ1n) is 7.77. The van der Waals surface area contributed by atoms with E-state index >= 15 is 0 Å². The lowest BCUT2D eigenvalue weighted by molar-refractivity contribution is -0.128. The maximum absolute atomic E-state index is 13.6. The summed E-state index contributed by atoms with van der Waals surface area (Å²) in [6.45, 7) is 2.55. The third kappa shape index (κ3) is 4.05. The van der Waals surface area contributed by atoms with Gasteiger partial charge in [-0.05, 0) is 37.5 Å². The molecule has 2 unspecified atom stereocenters. The van der Waals surface area contributed by atoms with Crippen molar-refractivity contribution in [1.29, 1.82) is 0 Å². The van der Waals surface area contributed by atoms with Crippen LogP contribution in [0.1, 0.15) is 43.7 Å². The van der Waals surface area contributed by atoms with Gasteiger partial charge in [-0.1, -0.05) is 18.9 Å². The van der Waals surface area contributed by atoms with Crippen molar-refractivity contribution in [3.8, 4) is 0 Å². The molecule has 0 spiro atoms. The Morgan fingerprint density at radius 1 is 1.50 bits per heavy atom. The zero-order valence-corrected chi connectivity index (χ0v) is 13.3. The number of halogens is 1. The van der Waals surface area contributed by atoms with Crippen LogP contribution in [0.4, 0.5) is 4.39 Å². The first kappa shape index (κ1) is 16.9. The highest BCUT2D eigenvalue weighted by Gasteiger charge is 2.37. The summed E-state index contributed by atoms with van der Waals surface area (Å²) in [5.74, 6) is -0.457. The Labute approximate surface area is 131 Å². The molecule has 1 aliphatic rings. The molecule has 0 radical (unpaired) electrons. The molecule has 1 fully saturated rings. The van der Waals surface area contributed by atoms with Crippen LogP contribution in [0.3, 0.4) is 0 Å². The van der Waals surface area contributed by atoms with Crippen LogP contribution in [0.2, 0.25) is 0 Å². The van der Waals surface area contributed by atoms with Crippen LogP contribution >= 0.6 is 0 Å². The van der Waals surface area contributed by atoms with Crippen LogP contribution in [0, 0.1) is 11.7 Å². The lowest BCUT2D eigenvalue weighted by Crippen LogP contribution is -2.52. The standard InChI is InChI=1S/C17H25FN2O2/c1-17(19)8-4-3-5-14(17)16(21)20-10-12-6-7-15(18)13(9-12)11-22-2/h6-7,9,14H,3-5,8,10-11,19H2,1-2H3,(H,20,21). The van der Waals surface area contributed by atoms with Gasteiger partial charge in [0.1, 0.15) is 5.82 Å². The number of rotatable bonds is 5. The lowest BCUT2D eigenvalue weighted by atomic mass is 9.74. The fourth-order valence-corrected chi connectivity index (χ4v) is 3.11. The number of carbonyl (C=O) groups excluding carboxylic acids is 1. The van der Waals surface area contributed by atoms with E-state index in [4.69, 9.17) is 10.5 Å². The molecule has 4 nitrogen and oxygen atoms in total. The maximum Gasteiger partial charge on any atom is 0.225 e. The Morgan fingerprint density at radius 3 is 2.95 bits per heavy atom. The summed E-state index contributed by atoms with van der Waals surface area (Å²) >= 11 is 0. The van der Waals surface area contributed by atoms with E-state index in [-0.39, 0.29) is 24.2 Å². The van der Waals surface area contributed by atoms with E-state index in [0.717, 1.165) is 31.2 Å². The van der Waals surface area contributed by atoms with Crippen molar-refractivity contribution in [2.45, 2.75) is 51.3 Å². The number of nitrogens with one attached hydrogen (secondary N) is 1. The molecule has 1 saturated carbocycles. The van der Waals surface area contributed by atoms with E-state index < -0.39 is 5.54 Å². The first-order chi connectivity index (χ1) is 10.4. The Kier molecular flexibility index (Phi) is 5.53. The van der Waals surface area contributed by atoms with Gasteiger partial charge >= 0.3 is 0 Å². The second-order valence-electron chi connectivity index (χ2n) is 6.38. The lowest BCUT2D eigenvalue weighted by Gasteiger charge is -2.37. The van der Waals surface area contributed by atoms with E-state index in [9.17, 15) is 9.18 Å². The largest absolute Gasteiger partial charge is 0.380 e. The van der Waals surface area contributed by atoms with Gasteiger partial charge in [0, 0.05) is 24.8 Å². The van der Waals surface area contributed by atoms with Crippen LogP contribution in [0.15, 0.2) is 18.2 Å². The summed E-state index contributed by atoms with van der Waals surface area (Å²) in [6, 6.07) is 4.81. The fraction of sp³-hybridized carbons (Fsp3) is 0.588. The van der Waals surface area contributed by atoms with Crippen molar-refractivity contribution < 1.29 is 13.9 Å². The van der Waals surface area contributed by atoms with Crippen molar-refractivity contribution in [3.63, 3.8) is 0 Å². The SMILES string of the molecule is COCc1cc(CNC(=O)C2CCCCC2(C)N)ccc1F. The molecule has 1 aliphatic carbocycles. The highest BCUT2D eigenvalue weighted by Crippen LogP contribution is 2.31. The van der Waals surface area contributed by atoms with Gasteiger partial charge in [0.05, 0.1) is 12.5 Å². The first-order valence-corrected chi connectivity index (χ1v) is 7.77. The zero-order valence-electron chi connectivity index (χ0n) is 13.3. The number of amides is 1. The molecule has 0 bridgehead atoms. The topological polar surface area (TPSA) is 64.3 Å². The third-order valence-electron chi connectivity index (χ3n) is 4.45. The normalized spacial score (nSPS) is 25.0. The molecule has 0 saturated heterocycles. The fourth-order valence-electron chi connectivity index (χ4n) is 3.11. The van der Waals surface area contributed by atoms with Crippen molar-refractivity contribution in [1.82, 2.24) is 5.32 Å². The van der Waals surface area contributed by atoms with Gasteiger partial charge in [0.2, 0.25) is 5.91 Å². The maximum atomic E-state index is 13.6. The minimum Gasteiger partial charge on any atom is -0.380 e. The Hall–Kier alpha value is -1.46. The monoisotopic (exact) mass is 308 g/mol. The minimum atomic E-state index is -0.438. The van der Waals surface area contributed by atoms with E-state index in [1.165, 1.54) is 13.2 Å². The number of methoxy groups -OCH3 is 1. The number of carbonyl (C=O) groups is 1. The Balaban J connectivity index is 1.97. The van der Waals surface area contributed by atoms with Gasteiger partial charge < -0.3 is 15.8 Å². The van der Waals surface area contributed by atoms with E-state index in [2.05, 4.69) is 5.32 Å². The predicted octanol–water partition coefficient (Wildman–Crippen LogP) is 2.50. The summed E-state index contributed by atoms with van der Waals surface area (Å²) in [6.07, 6.45) is 3.82. The molecule has 2 rings (SSSR count). The van der Waals surface area contributed by atoms with Crippen LogP contribution in [0.25, 0.3) is 0 Å². The van der Waals surface area contributed by atoms with Crippen LogP contribution < -0.4 is 11.1 Å². The molecule has 0 aromatic heterocycles. The van der Waals surface area contributed by atoms with Gasteiger partial charge in [0.25, 0.3) is 0 Å². The smallest absolute Gasteiger partial charge is 0.225 e. The molecular weight excluding hydrogens is 283 g/mol. The van der Waals surface area contributed by atoms with Crippen LogP contribution in [-0.4, -0.2) is 18.6 Å². The summed E-state index contributed by atoms with van der Waals surface area (Å²) in [5, 5.41) is 2.93. The zero-order chi connectivity index (χ0) is 16.2. The van der Waals surface area contributed by atoms with Crippen molar-refractivity contribution in [2.24, 2.45) is 11.7 Å². The summed E-state index contributed by atoms with van der Waals surface area (Å²) < 4.78 is 18.5. The van der Waals surface area contributed by atoms with E-state index in [0.29, 0.717) is 12.1 Å². The summed E-state index contributed by atoms with van der Waals surface area (Å²) in [4.78, 5) is 12.4. The number of nitrogens with two attached hydrogens (primary N) is 1. The number of benzene rings is 1. The molecule has 22 heavy (non-hydrogen) atoms. The summed E-state index contributed by atoms with van der Waals surface area (Å²) in [5.41, 5.74) is 7.16. The number of hydrogen-bond acceptors (Lipinski definition) is 3. The molecule has 122 valence electrons. The van der Waals surface area contributed by atoms with E-state index in [1.54, 1.807) is 12.1 Å². The molecule has 0 heterocycles. The highest BCUT2D eigenvalue weighted by atomic mass is 19.1. The van der Waals surface area contributed by atoms with E-state index in [1.807, 2.05) is 6.92 Å². The highest BCUT2D eigenvalue weighted by molar-refractivity contribution is 5.80.